The summed E-state index contributed by atoms with van der Waals surface area (Å²) in [6.07, 6.45) is 8.03. The summed E-state index contributed by atoms with van der Waals surface area (Å²) in [5.74, 6) is -3.63. The summed E-state index contributed by atoms with van der Waals surface area (Å²) in [4.78, 5) is 29.7. The normalized spacial score (nSPS) is 20.8. The molecule has 0 radical (unpaired) electrons. The number of nitrogens with two attached hydrogens (primary N) is 1. The Bertz CT molecular complexity index is 1430. The van der Waals surface area contributed by atoms with Crippen LogP contribution in [0.4, 0.5) is 8.78 Å². The molecule has 10 nitrogen and oxygen atoms in total. The van der Waals surface area contributed by atoms with E-state index in [2.05, 4.69) is 10.4 Å². The van der Waals surface area contributed by atoms with E-state index in [1.54, 1.807) is 21.5 Å². The van der Waals surface area contributed by atoms with Gasteiger partial charge in [-0.3, -0.25) is 14.3 Å². The van der Waals surface area contributed by atoms with Crippen LogP contribution in [0.1, 0.15) is 111 Å². The summed E-state index contributed by atoms with van der Waals surface area (Å²) in [5.41, 5.74) is 8.64. The summed E-state index contributed by atoms with van der Waals surface area (Å²) < 4.78 is 37.1. The van der Waals surface area contributed by atoms with Crippen molar-refractivity contribution in [2.75, 3.05) is 6.61 Å². The van der Waals surface area contributed by atoms with E-state index in [1.165, 1.54) is 0 Å². The van der Waals surface area contributed by atoms with Crippen LogP contribution in [0, 0.1) is 11.8 Å². The highest BCUT2D eigenvalue weighted by Crippen LogP contribution is 2.45. The second-order valence-electron chi connectivity index (χ2n) is 12.2. The summed E-state index contributed by atoms with van der Waals surface area (Å²) in [6, 6.07) is 3.30. The number of carbonyl (C=O) groups is 2. The monoisotopic (exact) mass is 569 g/mol. The molecule has 0 spiro atoms. The lowest BCUT2D eigenvalue weighted by Gasteiger charge is -2.32. The number of fused-ring (bicyclic) bond motifs is 1. The van der Waals surface area contributed by atoms with Gasteiger partial charge in [-0.1, -0.05) is 0 Å². The zero-order valence-corrected chi connectivity index (χ0v) is 23.4. The van der Waals surface area contributed by atoms with Gasteiger partial charge >= 0.3 is 0 Å². The summed E-state index contributed by atoms with van der Waals surface area (Å²) in [6.45, 7) is 3.86. The Morgan fingerprint density at radius 2 is 1.83 bits per heavy atom. The van der Waals surface area contributed by atoms with E-state index in [0.29, 0.717) is 35.8 Å². The predicted molar refractivity (Wildman–Crippen MR) is 145 cm³/mol. The fraction of sp³-hybridized carbons (Fsp3) is 0.621. The average molecular weight is 570 g/mol. The van der Waals surface area contributed by atoms with Crippen LogP contribution >= 0.6 is 0 Å². The number of ether oxygens (including phenoxy) is 1. The van der Waals surface area contributed by atoms with E-state index >= 15 is 0 Å². The van der Waals surface area contributed by atoms with Crippen molar-refractivity contribution in [3.05, 3.63) is 47.2 Å². The van der Waals surface area contributed by atoms with Crippen LogP contribution in [-0.2, 0) is 9.53 Å². The number of halogens is 2. The molecular formula is C29H37F2N7O3. The van der Waals surface area contributed by atoms with Crippen LogP contribution in [0.15, 0.2) is 24.5 Å². The summed E-state index contributed by atoms with van der Waals surface area (Å²) in [7, 11) is 0. The first-order valence-corrected chi connectivity index (χ1v) is 14.6. The minimum Gasteiger partial charge on any atom is -0.368 e. The molecule has 3 N–H and O–H groups in total. The Balaban J connectivity index is 1.32. The van der Waals surface area contributed by atoms with Gasteiger partial charge in [-0.15, -0.1) is 0 Å². The van der Waals surface area contributed by atoms with Crippen LogP contribution in [0.25, 0.3) is 5.65 Å². The van der Waals surface area contributed by atoms with E-state index in [0.717, 1.165) is 31.2 Å². The van der Waals surface area contributed by atoms with Crippen molar-refractivity contribution in [2.45, 2.75) is 95.2 Å². The molecule has 3 aromatic rings. The Labute approximate surface area is 237 Å². The topological polar surface area (TPSA) is 129 Å². The first-order valence-electron chi connectivity index (χ1n) is 14.6. The lowest BCUT2D eigenvalue weighted by molar-refractivity contribution is -0.127. The standard InChI is InChI=1S/C29H37F2N7O3/c1-16(2)38-23(28(32)40)12-21(36-38)26(17-7-9-29(30,31)10-8-17)22-14-37-24(34-22)11-19(13-33-37)27(18-3-4-18)35-25(39)15-41-20-5-6-20/h11-14,16-18,20,26-27H,3-10,15H2,1-2H3,(H2,32,40)(H,35,39)/t26-,27-/m1/s1. The van der Waals surface area contributed by atoms with Crippen LogP contribution in [0.3, 0.4) is 0 Å². The molecule has 6 rings (SSSR count). The molecule has 0 bridgehead atoms. The fourth-order valence-corrected chi connectivity index (χ4v) is 5.95. The lowest BCUT2D eigenvalue weighted by atomic mass is 9.76. The molecule has 0 aliphatic heterocycles. The van der Waals surface area contributed by atoms with Crippen molar-refractivity contribution in [1.82, 2.24) is 29.7 Å². The molecule has 3 aliphatic rings. The number of alkyl halides is 2. The number of imidazole rings is 1. The number of aromatic nitrogens is 5. The van der Waals surface area contributed by atoms with E-state index in [-0.39, 0.29) is 55.2 Å². The molecular weight excluding hydrogens is 532 g/mol. The van der Waals surface area contributed by atoms with Crippen molar-refractivity contribution in [3.63, 3.8) is 0 Å². The third-order valence-corrected chi connectivity index (χ3v) is 8.47. The van der Waals surface area contributed by atoms with E-state index in [9.17, 15) is 18.4 Å². The zero-order valence-electron chi connectivity index (χ0n) is 23.4. The first-order chi connectivity index (χ1) is 19.6. The molecule has 41 heavy (non-hydrogen) atoms. The third-order valence-electron chi connectivity index (χ3n) is 8.47. The predicted octanol–water partition coefficient (Wildman–Crippen LogP) is 4.31. The number of primary amides is 1. The molecule has 220 valence electrons. The molecule has 12 heteroatoms. The first kappa shape index (κ1) is 27.7. The number of hydrogen-bond acceptors (Lipinski definition) is 6. The van der Waals surface area contributed by atoms with E-state index in [4.69, 9.17) is 20.6 Å². The van der Waals surface area contributed by atoms with Crippen LogP contribution < -0.4 is 11.1 Å². The summed E-state index contributed by atoms with van der Waals surface area (Å²) >= 11 is 0. The third kappa shape index (κ3) is 6.12. The maximum absolute atomic E-state index is 14.1. The highest BCUT2D eigenvalue weighted by molar-refractivity contribution is 5.91. The molecule has 0 saturated heterocycles. The minimum absolute atomic E-state index is 0.0511. The zero-order chi connectivity index (χ0) is 28.9. The lowest BCUT2D eigenvalue weighted by Crippen LogP contribution is -2.33. The second-order valence-corrected chi connectivity index (χ2v) is 12.2. The number of rotatable bonds is 11. The molecule has 3 saturated carbocycles. The molecule has 3 fully saturated rings. The Kier molecular flexibility index (Phi) is 7.29. The Hall–Kier alpha value is -3.41. The van der Waals surface area contributed by atoms with Gasteiger partial charge < -0.3 is 15.8 Å². The van der Waals surface area contributed by atoms with Crippen molar-refractivity contribution in [3.8, 4) is 0 Å². The maximum atomic E-state index is 14.1. The van der Waals surface area contributed by atoms with Gasteiger partial charge in [-0.2, -0.15) is 10.2 Å². The van der Waals surface area contributed by atoms with Crippen LogP contribution in [0.2, 0.25) is 0 Å². The van der Waals surface area contributed by atoms with Crippen molar-refractivity contribution in [1.29, 1.82) is 0 Å². The van der Waals surface area contributed by atoms with Gasteiger partial charge in [0.25, 0.3) is 5.91 Å². The Morgan fingerprint density at radius 1 is 1.10 bits per heavy atom. The second kappa shape index (κ2) is 10.8. The van der Waals surface area contributed by atoms with Gasteiger partial charge in [0.15, 0.2) is 5.65 Å². The van der Waals surface area contributed by atoms with E-state index in [1.807, 2.05) is 26.1 Å². The van der Waals surface area contributed by atoms with Crippen LogP contribution in [0.5, 0.6) is 0 Å². The largest absolute Gasteiger partial charge is 0.368 e. The minimum atomic E-state index is -2.68. The molecule has 3 heterocycles. The van der Waals surface area contributed by atoms with Crippen molar-refractivity contribution >= 4 is 17.5 Å². The molecule has 3 aromatic heterocycles. The van der Waals surface area contributed by atoms with Gasteiger partial charge in [-0.25, -0.2) is 18.3 Å². The number of nitrogens with one attached hydrogen (secondary N) is 1. The SMILES string of the molecule is CC(C)n1nc([C@H](c2cn3ncc([C@H](NC(=O)COC4CC4)C4CC4)cc3n2)C2CCC(F)(F)CC2)cc1C(N)=O. The van der Waals surface area contributed by atoms with Crippen molar-refractivity contribution in [2.24, 2.45) is 17.6 Å². The van der Waals surface area contributed by atoms with Crippen LogP contribution in [-0.4, -0.2) is 54.8 Å². The van der Waals surface area contributed by atoms with Gasteiger partial charge in [0.05, 0.1) is 35.9 Å². The van der Waals surface area contributed by atoms with Gasteiger partial charge in [0, 0.05) is 24.8 Å². The highest BCUT2D eigenvalue weighted by atomic mass is 19.3. The maximum Gasteiger partial charge on any atom is 0.266 e. The average Bonchev–Trinajstić information content (AvgIpc) is 3.85. The number of nitrogens with zero attached hydrogens (tertiary/aromatic N) is 5. The molecule has 2 atom stereocenters. The Morgan fingerprint density at radius 3 is 2.44 bits per heavy atom. The summed E-state index contributed by atoms with van der Waals surface area (Å²) in [5, 5.41) is 12.5. The number of amides is 2. The molecule has 0 aromatic carbocycles. The number of carbonyl (C=O) groups excluding carboxylic acids is 2. The smallest absolute Gasteiger partial charge is 0.266 e. The molecule has 2 amide bonds. The molecule has 0 unspecified atom stereocenters. The molecule has 3 aliphatic carbocycles. The van der Waals surface area contributed by atoms with Gasteiger partial charge in [0.2, 0.25) is 11.8 Å². The quantitative estimate of drug-likeness (QED) is 0.354. The van der Waals surface area contributed by atoms with Gasteiger partial charge in [0.1, 0.15) is 12.3 Å². The van der Waals surface area contributed by atoms with Gasteiger partial charge in [-0.05, 0) is 81.9 Å². The van der Waals surface area contributed by atoms with Crippen molar-refractivity contribution < 1.29 is 23.1 Å². The number of hydrogen-bond donors (Lipinski definition) is 2. The fourth-order valence-electron chi connectivity index (χ4n) is 5.95. The van der Waals surface area contributed by atoms with E-state index < -0.39 is 17.7 Å². The highest BCUT2D eigenvalue weighted by Gasteiger charge is 2.41.